The van der Waals surface area contributed by atoms with Crippen molar-refractivity contribution in [2.75, 3.05) is 6.61 Å². The summed E-state index contributed by atoms with van der Waals surface area (Å²) in [4.78, 5) is 30.2. The molecule has 8 nitrogen and oxygen atoms in total. The molecule has 1 aromatic heterocycles. The highest BCUT2D eigenvalue weighted by Gasteiger charge is 2.16. The second kappa shape index (κ2) is 7.70. The van der Waals surface area contributed by atoms with Crippen molar-refractivity contribution >= 4 is 11.7 Å². The Labute approximate surface area is 125 Å². The van der Waals surface area contributed by atoms with Gasteiger partial charge in [0.05, 0.1) is 6.61 Å². The third-order valence-electron chi connectivity index (χ3n) is 2.55. The second-order valence-corrected chi connectivity index (χ2v) is 4.17. The number of pyridine rings is 1. The lowest BCUT2D eigenvalue weighted by Gasteiger charge is -2.07. The molecule has 0 radical (unpaired) electrons. The summed E-state index contributed by atoms with van der Waals surface area (Å²) in [7, 11) is 0. The molecule has 0 atom stereocenters. The van der Waals surface area contributed by atoms with Gasteiger partial charge in [-0.1, -0.05) is 30.3 Å². The van der Waals surface area contributed by atoms with Crippen LogP contribution in [0, 0.1) is 10.1 Å². The topological polar surface area (TPSA) is 104 Å². The molecule has 0 aliphatic carbocycles. The van der Waals surface area contributed by atoms with E-state index in [-0.39, 0.29) is 12.4 Å². The molecule has 0 aliphatic rings. The SMILES string of the molecule is O=C(COc1cccnc1[N+](=O)[O-])NOCc1ccccc1. The van der Waals surface area contributed by atoms with E-state index in [2.05, 4.69) is 10.5 Å². The van der Waals surface area contributed by atoms with Crippen LogP contribution >= 0.6 is 0 Å². The van der Waals surface area contributed by atoms with Gasteiger partial charge in [0.15, 0.2) is 6.61 Å². The molecule has 1 N–H and O–H groups in total. The van der Waals surface area contributed by atoms with E-state index >= 15 is 0 Å². The number of ether oxygens (including phenoxy) is 1. The van der Waals surface area contributed by atoms with E-state index in [1.165, 1.54) is 18.3 Å². The quantitative estimate of drug-likeness (QED) is 0.615. The first-order valence-corrected chi connectivity index (χ1v) is 6.33. The molecule has 0 unspecified atom stereocenters. The van der Waals surface area contributed by atoms with Crippen LogP contribution < -0.4 is 10.2 Å². The zero-order valence-electron chi connectivity index (χ0n) is 11.5. The first-order chi connectivity index (χ1) is 10.7. The minimum absolute atomic E-state index is 0.0780. The number of amides is 1. The Hall–Kier alpha value is -3.00. The van der Waals surface area contributed by atoms with Crippen LogP contribution in [-0.2, 0) is 16.2 Å². The molecule has 0 fully saturated rings. The third kappa shape index (κ3) is 4.53. The van der Waals surface area contributed by atoms with Crippen molar-refractivity contribution in [3.63, 3.8) is 0 Å². The van der Waals surface area contributed by atoms with Crippen LogP contribution in [0.5, 0.6) is 5.75 Å². The molecule has 0 saturated carbocycles. The molecule has 8 heteroatoms. The van der Waals surface area contributed by atoms with Crippen molar-refractivity contribution < 1.29 is 19.3 Å². The van der Waals surface area contributed by atoms with Crippen molar-refractivity contribution in [3.05, 3.63) is 64.3 Å². The number of hydroxylamine groups is 1. The first-order valence-electron chi connectivity index (χ1n) is 6.33. The summed E-state index contributed by atoms with van der Waals surface area (Å²) in [6.07, 6.45) is 1.27. The number of carbonyl (C=O) groups is 1. The van der Waals surface area contributed by atoms with Gasteiger partial charge < -0.3 is 14.9 Å². The Morgan fingerprint density at radius 2 is 2.00 bits per heavy atom. The van der Waals surface area contributed by atoms with Crippen molar-refractivity contribution in [2.45, 2.75) is 6.61 Å². The summed E-state index contributed by atoms with van der Waals surface area (Å²) >= 11 is 0. The van der Waals surface area contributed by atoms with Gasteiger partial charge in [-0.2, -0.15) is 0 Å². The number of rotatable bonds is 7. The van der Waals surface area contributed by atoms with Crippen molar-refractivity contribution in [3.8, 4) is 5.75 Å². The lowest BCUT2D eigenvalue weighted by molar-refractivity contribution is -0.390. The fraction of sp³-hybridized carbons (Fsp3) is 0.143. The summed E-state index contributed by atoms with van der Waals surface area (Å²) in [6.45, 7) is -0.207. The summed E-state index contributed by atoms with van der Waals surface area (Å²) in [5, 5.41) is 10.7. The Morgan fingerprint density at radius 3 is 2.73 bits per heavy atom. The van der Waals surface area contributed by atoms with Crippen LogP contribution in [0.2, 0.25) is 0 Å². The monoisotopic (exact) mass is 303 g/mol. The largest absolute Gasteiger partial charge is 0.475 e. The Balaban J connectivity index is 1.77. The van der Waals surface area contributed by atoms with E-state index in [9.17, 15) is 14.9 Å². The minimum Gasteiger partial charge on any atom is -0.475 e. The van der Waals surface area contributed by atoms with Gasteiger partial charge in [0.2, 0.25) is 5.75 Å². The maximum absolute atomic E-state index is 11.5. The highest BCUT2D eigenvalue weighted by molar-refractivity contribution is 5.76. The highest BCUT2D eigenvalue weighted by atomic mass is 16.7. The van der Waals surface area contributed by atoms with Crippen molar-refractivity contribution in [1.29, 1.82) is 0 Å². The van der Waals surface area contributed by atoms with E-state index in [1.54, 1.807) is 0 Å². The fourth-order valence-corrected chi connectivity index (χ4v) is 1.58. The molecule has 2 rings (SSSR count). The molecular weight excluding hydrogens is 290 g/mol. The van der Waals surface area contributed by atoms with Crippen LogP contribution in [0.25, 0.3) is 0 Å². The summed E-state index contributed by atoms with van der Waals surface area (Å²) in [6, 6.07) is 12.1. The zero-order chi connectivity index (χ0) is 15.8. The van der Waals surface area contributed by atoms with Crippen molar-refractivity contribution in [2.24, 2.45) is 0 Å². The van der Waals surface area contributed by atoms with Gasteiger partial charge in [-0.15, -0.1) is 0 Å². The van der Waals surface area contributed by atoms with Gasteiger partial charge in [-0.25, -0.2) is 5.48 Å². The number of benzene rings is 1. The molecule has 2 aromatic rings. The van der Waals surface area contributed by atoms with Crippen LogP contribution in [-0.4, -0.2) is 22.4 Å². The first kappa shape index (κ1) is 15.4. The average molecular weight is 303 g/mol. The van der Waals surface area contributed by atoms with Crippen LogP contribution in [0.1, 0.15) is 5.56 Å². The van der Waals surface area contributed by atoms with Gasteiger partial charge >= 0.3 is 5.82 Å². The zero-order valence-corrected chi connectivity index (χ0v) is 11.5. The van der Waals surface area contributed by atoms with Gasteiger partial charge in [-0.05, 0) is 27.6 Å². The molecular formula is C14H13N3O5. The normalized spacial score (nSPS) is 10.0. The minimum atomic E-state index is -0.681. The van der Waals surface area contributed by atoms with E-state index in [4.69, 9.17) is 9.57 Å². The number of aromatic nitrogens is 1. The summed E-state index contributed by atoms with van der Waals surface area (Å²) in [5.74, 6) is -1.08. The fourth-order valence-electron chi connectivity index (χ4n) is 1.58. The summed E-state index contributed by atoms with van der Waals surface area (Å²) < 4.78 is 5.07. The smallest absolute Gasteiger partial charge is 0.406 e. The number of hydrogen-bond donors (Lipinski definition) is 1. The molecule has 0 saturated heterocycles. The van der Waals surface area contributed by atoms with E-state index in [0.717, 1.165) is 5.56 Å². The van der Waals surface area contributed by atoms with E-state index in [1.807, 2.05) is 30.3 Å². The molecule has 1 heterocycles. The number of carbonyl (C=O) groups excluding carboxylic acids is 1. The number of hydrogen-bond acceptors (Lipinski definition) is 6. The summed E-state index contributed by atoms with van der Waals surface area (Å²) in [5.41, 5.74) is 3.09. The van der Waals surface area contributed by atoms with Crippen molar-refractivity contribution in [1.82, 2.24) is 10.5 Å². The number of nitro groups is 1. The molecule has 0 aliphatic heterocycles. The van der Waals surface area contributed by atoms with Gasteiger partial charge in [0.25, 0.3) is 5.91 Å². The molecule has 0 spiro atoms. The standard InChI is InChI=1S/C14H13N3O5/c18-13(16-22-9-11-5-2-1-3-6-11)10-21-12-7-4-8-15-14(12)17(19)20/h1-8H,9-10H2,(H,16,18). The second-order valence-electron chi connectivity index (χ2n) is 4.17. The number of nitrogens with zero attached hydrogens (tertiary/aromatic N) is 2. The van der Waals surface area contributed by atoms with Gasteiger partial charge in [0, 0.05) is 0 Å². The third-order valence-corrected chi connectivity index (χ3v) is 2.55. The van der Waals surface area contributed by atoms with Gasteiger partial charge in [-0.3, -0.25) is 9.63 Å². The lowest BCUT2D eigenvalue weighted by atomic mass is 10.2. The molecule has 1 amide bonds. The molecule has 1 aromatic carbocycles. The van der Waals surface area contributed by atoms with E-state index < -0.39 is 23.3 Å². The average Bonchev–Trinajstić information content (AvgIpc) is 2.54. The van der Waals surface area contributed by atoms with Crippen LogP contribution in [0.15, 0.2) is 48.7 Å². The van der Waals surface area contributed by atoms with Crippen LogP contribution in [0.4, 0.5) is 5.82 Å². The Kier molecular flexibility index (Phi) is 5.38. The maximum atomic E-state index is 11.5. The molecule has 22 heavy (non-hydrogen) atoms. The molecule has 114 valence electrons. The maximum Gasteiger partial charge on any atom is 0.406 e. The molecule has 0 bridgehead atoms. The van der Waals surface area contributed by atoms with Crippen LogP contribution in [0.3, 0.4) is 0 Å². The highest BCUT2D eigenvalue weighted by Crippen LogP contribution is 2.22. The predicted octanol–water partition coefficient (Wildman–Crippen LogP) is 1.62. The number of nitrogens with one attached hydrogen (secondary N) is 1. The van der Waals surface area contributed by atoms with E-state index in [0.29, 0.717) is 0 Å². The Morgan fingerprint density at radius 1 is 1.23 bits per heavy atom. The predicted molar refractivity (Wildman–Crippen MR) is 75.8 cm³/mol. The lowest BCUT2D eigenvalue weighted by Crippen LogP contribution is -2.29. The van der Waals surface area contributed by atoms with Gasteiger partial charge in [0.1, 0.15) is 6.20 Å². The Bertz CT molecular complexity index is 648.